The average Bonchev–Trinajstić information content (AvgIpc) is 2.74. The number of carbonyl (C=O) groups excluding carboxylic acids is 1. The van der Waals surface area contributed by atoms with Crippen LogP contribution < -0.4 is 4.74 Å². The first-order valence-corrected chi connectivity index (χ1v) is 8.81. The summed E-state index contributed by atoms with van der Waals surface area (Å²) in [6.45, 7) is -0.617. The van der Waals surface area contributed by atoms with Crippen molar-refractivity contribution < 1.29 is 43.8 Å². The van der Waals surface area contributed by atoms with E-state index in [0.717, 1.165) is 0 Å². The number of rotatable bonds is 5. The number of halogens is 1. The lowest BCUT2D eigenvalue weighted by molar-refractivity contribution is -0.277. The fourth-order valence-corrected chi connectivity index (χ4v) is 2.98. The van der Waals surface area contributed by atoms with Gasteiger partial charge in [-0.2, -0.15) is 0 Å². The van der Waals surface area contributed by atoms with Crippen molar-refractivity contribution >= 4 is 5.97 Å². The van der Waals surface area contributed by atoms with Crippen LogP contribution in [0.5, 0.6) is 5.75 Å². The Morgan fingerprint density at radius 1 is 1.03 bits per heavy atom. The number of methoxy groups -OCH3 is 1. The van der Waals surface area contributed by atoms with Crippen molar-refractivity contribution in [3.8, 4) is 16.9 Å². The molecule has 4 N–H and O–H groups in total. The highest BCUT2D eigenvalue weighted by atomic mass is 19.1. The zero-order chi connectivity index (χ0) is 21.1. The molecule has 2 aromatic rings. The highest BCUT2D eigenvalue weighted by molar-refractivity contribution is 5.89. The number of benzene rings is 2. The molecule has 1 saturated heterocycles. The van der Waals surface area contributed by atoms with Gasteiger partial charge in [-0.15, -0.1) is 0 Å². The molecule has 2 aromatic carbocycles. The Morgan fingerprint density at radius 3 is 2.28 bits per heavy atom. The van der Waals surface area contributed by atoms with Crippen LogP contribution in [0.3, 0.4) is 0 Å². The molecule has 8 nitrogen and oxygen atoms in total. The summed E-state index contributed by atoms with van der Waals surface area (Å²) in [6, 6.07) is 10.5. The third-order valence-electron chi connectivity index (χ3n) is 4.66. The number of carbonyl (C=O) groups is 1. The van der Waals surface area contributed by atoms with Crippen LogP contribution in [0, 0.1) is 5.82 Å². The maximum Gasteiger partial charge on any atom is 0.337 e. The largest absolute Gasteiger partial charge is 0.465 e. The fraction of sp³-hybridized carbons (Fsp3) is 0.350. The smallest absolute Gasteiger partial charge is 0.337 e. The summed E-state index contributed by atoms with van der Waals surface area (Å²) in [5.41, 5.74) is 1.52. The van der Waals surface area contributed by atoms with Crippen LogP contribution in [0.2, 0.25) is 0 Å². The van der Waals surface area contributed by atoms with Gasteiger partial charge in [-0.05, 0) is 35.4 Å². The first kappa shape index (κ1) is 21.2. The van der Waals surface area contributed by atoms with Gasteiger partial charge in [-0.25, -0.2) is 9.18 Å². The Balaban J connectivity index is 1.77. The van der Waals surface area contributed by atoms with Crippen molar-refractivity contribution in [1.82, 2.24) is 0 Å². The van der Waals surface area contributed by atoms with Gasteiger partial charge in [-0.1, -0.05) is 18.2 Å². The van der Waals surface area contributed by atoms with E-state index in [1.165, 1.54) is 19.2 Å². The number of ether oxygens (including phenoxy) is 3. The van der Waals surface area contributed by atoms with E-state index >= 15 is 0 Å². The summed E-state index contributed by atoms with van der Waals surface area (Å²) in [5, 5.41) is 38.8. The van der Waals surface area contributed by atoms with E-state index < -0.39 is 49.1 Å². The van der Waals surface area contributed by atoms with Crippen LogP contribution >= 0.6 is 0 Å². The third kappa shape index (κ3) is 4.39. The van der Waals surface area contributed by atoms with Crippen LogP contribution in [-0.4, -0.2) is 70.8 Å². The molecule has 1 aliphatic rings. The predicted octanol–water partition coefficient (Wildman–Crippen LogP) is 0.458. The highest BCUT2D eigenvalue weighted by Crippen LogP contribution is 2.29. The molecule has 0 aliphatic carbocycles. The Labute approximate surface area is 165 Å². The van der Waals surface area contributed by atoms with E-state index in [1.807, 2.05) is 0 Å². The topological polar surface area (TPSA) is 126 Å². The lowest BCUT2D eigenvalue weighted by Gasteiger charge is -2.39. The predicted molar refractivity (Wildman–Crippen MR) is 97.6 cm³/mol. The molecule has 1 fully saturated rings. The molecule has 5 atom stereocenters. The van der Waals surface area contributed by atoms with Crippen molar-refractivity contribution in [3.05, 3.63) is 53.8 Å². The van der Waals surface area contributed by atoms with E-state index in [1.54, 1.807) is 30.3 Å². The van der Waals surface area contributed by atoms with E-state index in [9.17, 15) is 29.6 Å². The fourth-order valence-electron chi connectivity index (χ4n) is 2.98. The summed E-state index contributed by atoms with van der Waals surface area (Å²) < 4.78 is 29.7. The highest BCUT2D eigenvalue weighted by Gasteiger charge is 2.44. The molecule has 9 heteroatoms. The normalized spacial score (nSPS) is 26.8. The van der Waals surface area contributed by atoms with Gasteiger partial charge >= 0.3 is 5.97 Å². The number of aliphatic hydroxyl groups is 4. The zero-order valence-electron chi connectivity index (χ0n) is 15.4. The Morgan fingerprint density at radius 2 is 1.69 bits per heavy atom. The van der Waals surface area contributed by atoms with Crippen LogP contribution in [0.1, 0.15) is 10.4 Å². The molecule has 3 rings (SSSR count). The lowest BCUT2D eigenvalue weighted by atomic mass is 9.99. The molecule has 0 amide bonds. The first-order chi connectivity index (χ1) is 13.8. The molecule has 0 spiro atoms. The minimum Gasteiger partial charge on any atom is -0.465 e. The summed E-state index contributed by atoms with van der Waals surface area (Å²) in [7, 11) is 1.28. The molecule has 0 unspecified atom stereocenters. The molecular weight excluding hydrogens is 387 g/mol. The minimum atomic E-state index is -1.64. The quantitative estimate of drug-likeness (QED) is 0.526. The van der Waals surface area contributed by atoms with Gasteiger partial charge in [0.1, 0.15) is 24.4 Å². The first-order valence-electron chi connectivity index (χ1n) is 8.81. The molecule has 29 heavy (non-hydrogen) atoms. The van der Waals surface area contributed by atoms with Gasteiger partial charge < -0.3 is 34.6 Å². The summed E-state index contributed by atoms with van der Waals surface area (Å²) in [4.78, 5) is 11.5. The maximum absolute atomic E-state index is 14.5. The Bertz CT molecular complexity index is 854. The summed E-state index contributed by atoms with van der Waals surface area (Å²) in [6.07, 6.45) is -7.44. The molecule has 156 valence electrons. The SMILES string of the molecule is COC(=O)c1ccc(-c2ccc(O[C@H]3O[C@H](CO)[C@@H](O)[C@H](O)[C@@H]3O)c(F)c2)cc1. The second-order valence-corrected chi connectivity index (χ2v) is 6.53. The van der Waals surface area contributed by atoms with Gasteiger partial charge in [0.15, 0.2) is 11.6 Å². The van der Waals surface area contributed by atoms with E-state index in [-0.39, 0.29) is 5.75 Å². The molecular formula is C20H21FO8. The van der Waals surface area contributed by atoms with E-state index in [0.29, 0.717) is 16.7 Å². The number of esters is 1. The van der Waals surface area contributed by atoms with Crippen molar-refractivity contribution in [2.75, 3.05) is 13.7 Å². The molecule has 0 aromatic heterocycles. The van der Waals surface area contributed by atoms with Crippen LogP contribution in [0.4, 0.5) is 4.39 Å². The number of aliphatic hydroxyl groups excluding tert-OH is 4. The van der Waals surface area contributed by atoms with Crippen LogP contribution in [0.15, 0.2) is 42.5 Å². The van der Waals surface area contributed by atoms with Crippen molar-refractivity contribution in [3.63, 3.8) is 0 Å². The van der Waals surface area contributed by atoms with Gasteiger partial charge in [0.2, 0.25) is 6.29 Å². The average molecular weight is 408 g/mol. The standard InChI is InChI=1S/C20H21FO8/c1-27-19(26)11-4-2-10(3-5-11)12-6-7-14(13(21)8-12)28-20-18(25)17(24)16(23)15(9-22)29-20/h2-8,15-18,20,22-25H,9H2,1H3/t15-,16-,17+,18+,20+/m1/s1. The maximum atomic E-state index is 14.5. The van der Waals surface area contributed by atoms with Crippen molar-refractivity contribution in [2.24, 2.45) is 0 Å². The second kappa shape index (κ2) is 8.85. The molecule has 0 radical (unpaired) electrons. The summed E-state index contributed by atoms with van der Waals surface area (Å²) in [5.74, 6) is -1.48. The van der Waals surface area contributed by atoms with Gasteiger partial charge in [-0.3, -0.25) is 0 Å². The third-order valence-corrected chi connectivity index (χ3v) is 4.66. The second-order valence-electron chi connectivity index (χ2n) is 6.53. The molecule has 1 aliphatic heterocycles. The number of hydrogen-bond acceptors (Lipinski definition) is 8. The van der Waals surface area contributed by atoms with E-state index in [4.69, 9.17) is 9.47 Å². The monoisotopic (exact) mass is 408 g/mol. The van der Waals surface area contributed by atoms with Crippen LogP contribution in [-0.2, 0) is 9.47 Å². The Hall–Kier alpha value is -2.56. The minimum absolute atomic E-state index is 0.246. The van der Waals surface area contributed by atoms with Crippen molar-refractivity contribution in [1.29, 1.82) is 0 Å². The molecule has 1 heterocycles. The van der Waals surface area contributed by atoms with Gasteiger partial charge in [0.25, 0.3) is 0 Å². The van der Waals surface area contributed by atoms with Gasteiger partial charge in [0, 0.05) is 0 Å². The lowest BCUT2D eigenvalue weighted by Crippen LogP contribution is -2.60. The number of hydrogen-bond donors (Lipinski definition) is 4. The van der Waals surface area contributed by atoms with Gasteiger partial charge in [0.05, 0.1) is 19.3 Å². The summed E-state index contributed by atoms with van der Waals surface area (Å²) >= 11 is 0. The molecule has 0 bridgehead atoms. The van der Waals surface area contributed by atoms with E-state index in [2.05, 4.69) is 4.74 Å². The van der Waals surface area contributed by atoms with Crippen molar-refractivity contribution in [2.45, 2.75) is 30.7 Å². The zero-order valence-corrected chi connectivity index (χ0v) is 15.4. The Kier molecular flexibility index (Phi) is 6.46. The van der Waals surface area contributed by atoms with Crippen LogP contribution in [0.25, 0.3) is 11.1 Å². The molecule has 0 saturated carbocycles.